The lowest BCUT2D eigenvalue weighted by atomic mass is 10.2. The summed E-state index contributed by atoms with van der Waals surface area (Å²) < 4.78 is 0. The molecular weight excluding hydrogens is 148 g/mol. The summed E-state index contributed by atoms with van der Waals surface area (Å²) >= 11 is 0. The standard InChI is InChI=1S/C7H10O4/c1-3-5(9)7(11)6(10)4(2)8/h9,11H,3H2,1-2H3/b7-5+. The van der Waals surface area contributed by atoms with E-state index in [1.807, 2.05) is 0 Å². The Bertz CT molecular complexity index is 214. The summed E-state index contributed by atoms with van der Waals surface area (Å²) in [7, 11) is 0. The van der Waals surface area contributed by atoms with E-state index in [0.29, 0.717) is 0 Å². The van der Waals surface area contributed by atoms with Crippen LogP contribution in [0.3, 0.4) is 0 Å². The smallest absolute Gasteiger partial charge is 0.266 e. The van der Waals surface area contributed by atoms with Crippen LogP contribution in [0.2, 0.25) is 0 Å². The van der Waals surface area contributed by atoms with Crippen LogP contribution in [-0.2, 0) is 9.59 Å². The number of hydrogen-bond donors (Lipinski definition) is 2. The number of Topliss-reactive ketones (excluding diaryl/α,β-unsaturated/α-hetero) is 2. The quantitative estimate of drug-likeness (QED) is 0.363. The second-order valence-corrected chi connectivity index (χ2v) is 2.03. The molecule has 0 aliphatic carbocycles. The van der Waals surface area contributed by atoms with Gasteiger partial charge in [-0.3, -0.25) is 9.59 Å². The molecule has 0 saturated carbocycles. The van der Waals surface area contributed by atoms with Gasteiger partial charge in [0, 0.05) is 13.3 Å². The van der Waals surface area contributed by atoms with Crippen molar-refractivity contribution in [2.75, 3.05) is 0 Å². The van der Waals surface area contributed by atoms with Crippen LogP contribution < -0.4 is 0 Å². The van der Waals surface area contributed by atoms with Crippen LogP contribution in [0.15, 0.2) is 11.5 Å². The number of aliphatic hydroxyl groups excluding tert-OH is 2. The molecule has 0 bridgehead atoms. The monoisotopic (exact) mass is 158 g/mol. The highest BCUT2D eigenvalue weighted by molar-refractivity contribution is 6.42. The van der Waals surface area contributed by atoms with E-state index in [4.69, 9.17) is 10.2 Å². The molecule has 0 rings (SSSR count). The van der Waals surface area contributed by atoms with Crippen molar-refractivity contribution >= 4 is 11.6 Å². The molecule has 2 N–H and O–H groups in total. The van der Waals surface area contributed by atoms with Crippen molar-refractivity contribution in [1.29, 1.82) is 0 Å². The minimum atomic E-state index is -1.05. The zero-order valence-corrected chi connectivity index (χ0v) is 6.42. The van der Waals surface area contributed by atoms with Gasteiger partial charge in [-0.15, -0.1) is 0 Å². The van der Waals surface area contributed by atoms with Gasteiger partial charge >= 0.3 is 0 Å². The summed E-state index contributed by atoms with van der Waals surface area (Å²) in [6.45, 7) is 2.58. The molecule has 0 heterocycles. The second kappa shape index (κ2) is 3.75. The van der Waals surface area contributed by atoms with E-state index in [1.54, 1.807) is 6.92 Å². The third-order valence-corrected chi connectivity index (χ3v) is 1.14. The van der Waals surface area contributed by atoms with Crippen LogP contribution in [0.1, 0.15) is 20.3 Å². The van der Waals surface area contributed by atoms with Gasteiger partial charge < -0.3 is 10.2 Å². The molecule has 0 aromatic heterocycles. The number of hydrogen-bond acceptors (Lipinski definition) is 4. The van der Waals surface area contributed by atoms with Crippen molar-refractivity contribution in [1.82, 2.24) is 0 Å². The fourth-order valence-corrected chi connectivity index (χ4v) is 0.465. The fraction of sp³-hybridized carbons (Fsp3) is 0.429. The van der Waals surface area contributed by atoms with Gasteiger partial charge in [0.2, 0.25) is 11.5 Å². The van der Waals surface area contributed by atoms with Gasteiger partial charge in [0.15, 0.2) is 0 Å². The Morgan fingerprint density at radius 3 is 2.00 bits per heavy atom. The summed E-state index contributed by atoms with van der Waals surface area (Å²) in [6.07, 6.45) is 0.130. The summed E-state index contributed by atoms with van der Waals surface area (Å²) in [4.78, 5) is 21.0. The molecular formula is C7H10O4. The van der Waals surface area contributed by atoms with Crippen molar-refractivity contribution in [3.05, 3.63) is 11.5 Å². The topological polar surface area (TPSA) is 74.6 Å². The van der Waals surface area contributed by atoms with E-state index < -0.39 is 23.1 Å². The molecule has 0 amide bonds. The Hall–Kier alpha value is -1.32. The Balaban J connectivity index is 4.61. The summed E-state index contributed by atoms with van der Waals surface area (Å²) in [5.74, 6) is -3.14. The lowest BCUT2D eigenvalue weighted by Gasteiger charge is -1.97. The SMILES string of the molecule is CC/C(O)=C(\O)C(=O)C(C)=O. The first kappa shape index (κ1) is 9.68. The molecule has 0 aliphatic heterocycles. The highest BCUT2D eigenvalue weighted by Crippen LogP contribution is 2.03. The fourth-order valence-electron chi connectivity index (χ4n) is 0.465. The largest absolute Gasteiger partial charge is 0.508 e. The molecule has 0 atom stereocenters. The van der Waals surface area contributed by atoms with E-state index >= 15 is 0 Å². The first-order chi connectivity index (χ1) is 5.00. The van der Waals surface area contributed by atoms with E-state index in [-0.39, 0.29) is 6.42 Å². The molecule has 0 saturated heterocycles. The number of allylic oxidation sites excluding steroid dienone is 2. The van der Waals surface area contributed by atoms with Gasteiger partial charge in [-0.1, -0.05) is 6.92 Å². The number of aliphatic hydroxyl groups is 2. The minimum absolute atomic E-state index is 0.130. The number of ketones is 2. The van der Waals surface area contributed by atoms with Crippen LogP contribution in [0.5, 0.6) is 0 Å². The zero-order chi connectivity index (χ0) is 9.02. The van der Waals surface area contributed by atoms with Gasteiger partial charge in [-0.05, 0) is 0 Å². The van der Waals surface area contributed by atoms with Crippen LogP contribution in [0.25, 0.3) is 0 Å². The Labute approximate surface area is 64.2 Å². The van der Waals surface area contributed by atoms with E-state index in [2.05, 4.69) is 0 Å². The Morgan fingerprint density at radius 2 is 1.73 bits per heavy atom. The lowest BCUT2D eigenvalue weighted by Crippen LogP contribution is -2.13. The van der Waals surface area contributed by atoms with Crippen LogP contribution in [-0.4, -0.2) is 21.8 Å². The predicted octanol–water partition coefficient (Wildman–Crippen LogP) is 0.882. The maximum atomic E-state index is 10.6. The van der Waals surface area contributed by atoms with E-state index in [1.165, 1.54) is 0 Å². The molecule has 4 heteroatoms. The van der Waals surface area contributed by atoms with Gasteiger partial charge in [0.05, 0.1) is 0 Å². The molecule has 0 fully saturated rings. The molecule has 62 valence electrons. The summed E-state index contributed by atoms with van der Waals surface area (Å²) in [6, 6.07) is 0. The third-order valence-electron chi connectivity index (χ3n) is 1.14. The zero-order valence-electron chi connectivity index (χ0n) is 6.42. The first-order valence-corrected chi connectivity index (χ1v) is 3.17. The van der Waals surface area contributed by atoms with Crippen LogP contribution >= 0.6 is 0 Å². The molecule has 0 aromatic carbocycles. The maximum absolute atomic E-state index is 10.6. The third kappa shape index (κ3) is 2.41. The van der Waals surface area contributed by atoms with Gasteiger partial charge in [0.25, 0.3) is 5.78 Å². The molecule has 0 aliphatic rings. The second-order valence-electron chi connectivity index (χ2n) is 2.03. The number of carbonyl (C=O) groups excluding carboxylic acids is 2. The molecule has 4 nitrogen and oxygen atoms in total. The summed E-state index contributed by atoms with van der Waals surface area (Å²) in [5, 5.41) is 17.6. The van der Waals surface area contributed by atoms with Crippen molar-refractivity contribution in [2.45, 2.75) is 20.3 Å². The highest BCUT2D eigenvalue weighted by Gasteiger charge is 2.16. The van der Waals surface area contributed by atoms with Crippen LogP contribution in [0.4, 0.5) is 0 Å². The number of rotatable bonds is 3. The van der Waals surface area contributed by atoms with Crippen LogP contribution in [0, 0.1) is 0 Å². The van der Waals surface area contributed by atoms with Gasteiger partial charge in [0.1, 0.15) is 5.76 Å². The van der Waals surface area contributed by atoms with Crippen molar-refractivity contribution in [3.63, 3.8) is 0 Å². The average molecular weight is 158 g/mol. The van der Waals surface area contributed by atoms with Gasteiger partial charge in [-0.25, -0.2) is 0 Å². The molecule has 0 radical (unpaired) electrons. The Morgan fingerprint density at radius 1 is 1.27 bits per heavy atom. The number of carbonyl (C=O) groups is 2. The van der Waals surface area contributed by atoms with E-state index in [9.17, 15) is 9.59 Å². The van der Waals surface area contributed by atoms with Crippen molar-refractivity contribution in [3.8, 4) is 0 Å². The van der Waals surface area contributed by atoms with Crippen molar-refractivity contribution in [2.24, 2.45) is 0 Å². The predicted molar refractivity (Wildman–Crippen MR) is 38.3 cm³/mol. The minimum Gasteiger partial charge on any atom is -0.508 e. The van der Waals surface area contributed by atoms with E-state index in [0.717, 1.165) is 6.92 Å². The maximum Gasteiger partial charge on any atom is 0.266 e. The van der Waals surface area contributed by atoms with Gasteiger partial charge in [-0.2, -0.15) is 0 Å². The Kier molecular flexibility index (Phi) is 3.30. The summed E-state index contributed by atoms with van der Waals surface area (Å²) in [5.41, 5.74) is 0. The van der Waals surface area contributed by atoms with Crippen molar-refractivity contribution < 1.29 is 19.8 Å². The molecule has 0 spiro atoms. The first-order valence-electron chi connectivity index (χ1n) is 3.17. The molecule has 0 unspecified atom stereocenters. The molecule has 11 heavy (non-hydrogen) atoms. The normalized spacial score (nSPS) is 12.2. The highest BCUT2D eigenvalue weighted by atomic mass is 16.3. The lowest BCUT2D eigenvalue weighted by molar-refractivity contribution is -0.134. The average Bonchev–Trinajstić information content (AvgIpc) is 2.00. The molecule has 0 aromatic rings.